The van der Waals surface area contributed by atoms with Gasteiger partial charge in [0.25, 0.3) is 5.92 Å². The molecule has 0 amide bonds. The van der Waals surface area contributed by atoms with Crippen molar-refractivity contribution >= 4 is 17.9 Å². The van der Waals surface area contributed by atoms with Crippen molar-refractivity contribution in [1.82, 2.24) is 0 Å². The Morgan fingerprint density at radius 3 is 1.92 bits per heavy atom. The first-order valence-electron chi connectivity index (χ1n) is 2.77. The zero-order chi connectivity index (χ0) is 9.72. The zero-order valence-electron chi connectivity index (χ0n) is 5.89. The summed E-state index contributed by atoms with van der Waals surface area (Å²) in [6.07, 6.45) is 0.668. The number of carbonyl (C=O) groups is 3. The maximum Gasteiger partial charge on any atom is 0.336 e. The van der Waals surface area contributed by atoms with Crippen LogP contribution in [0.25, 0.3) is 0 Å². The fraction of sp³-hybridized carbons (Fsp3) is 0.167. The lowest BCUT2D eigenvalue weighted by atomic mass is 10.1. The number of hydrogen-bond donors (Lipinski definition) is 2. The number of aliphatic carboxylic acids is 2. The molecule has 0 aromatic heterocycles. The minimum Gasteiger partial charge on any atom is -0.480 e. The molecule has 0 saturated heterocycles. The Hall–Kier alpha value is -1.85. The summed E-state index contributed by atoms with van der Waals surface area (Å²) >= 11 is 0. The van der Waals surface area contributed by atoms with Crippen LogP contribution in [0.2, 0.25) is 0 Å². The molecule has 0 aliphatic heterocycles. The standard InChI is InChI=1S/C6H6O6/c1-2-12-6(11)3(4(7)8)5(9)10/h2-3H,1H2,(H,7,8)(H,9,10). The molecular weight excluding hydrogens is 168 g/mol. The van der Waals surface area contributed by atoms with Crippen molar-refractivity contribution in [2.24, 2.45) is 5.92 Å². The number of rotatable bonds is 4. The number of hydrogen-bond acceptors (Lipinski definition) is 4. The smallest absolute Gasteiger partial charge is 0.336 e. The summed E-state index contributed by atoms with van der Waals surface area (Å²) in [5.74, 6) is -7.10. The monoisotopic (exact) mass is 174 g/mol. The third-order valence-electron chi connectivity index (χ3n) is 0.929. The highest BCUT2D eigenvalue weighted by atomic mass is 16.5. The largest absolute Gasteiger partial charge is 0.480 e. The maximum absolute atomic E-state index is 10.6. The van der Waals surface area contributed by atoms with Crippen molar-refractivity contribution in [3.63, 3.8) is 0 Å². The van der Waals surface area contributed by atoms with Gasteiger partial charge in [-0.25, -0.2) is 0 Å². The average molecular weight is 174 g/mol. The summed E-state index contributed by atoms with van der Waals surface area (Å²) in [4.78, 5) is 30.9. The second-order valence-corrected chi connectivity index (χ2v) is 1.71. The van der Waals surface area contributed by atoms with E-state index in [-0.39, 0.29) is 0 Å². The van der Waals surface area contributed by atoms with Crippen LogP contribution in [0.1, 0.15) is 0 Å². The molecule has 2 N–H and O–H groups in total. The molecule has 0 rings (SSSR count). The van der Waals surface area contributed by atoms with E-state index in [2.05, 4.69) is 11.3 Å². The average Bonchev–Trinajstić information content (AvgIpc) is 1.85. The fourth-order valence-corrected chi connectivity index (χ4v) is 0.457. The van der Waals surface area contributed by atoms with Gasteiger partial charge in [-0.15, -0.1) is 0 Å². The summed E-state index contributed by atoms with van der Waals surface area (Å²) in [6.45, 7) is 2.97. The molecule has 66 valence electrons. The van der Waals surface area contributed by atoms with Crippen LogP contribution >= 0.6 is 0 Å². The van der Waals surface area contributed by atoms with Crippen LogP contribution in [0, 0.1) is 5.92 Å². The fourth-order valence-electron chi connectivity index (χ4n) is 0.457. The van der Waals surface area contributed by atoms with E-state index in [1.165, 1.54) is 0 Å². The van der Waals surface area contributed by atoms with E-state index in [4.69, 9.17) is 10.2 Å². The Balaban J connectivity index is 4.51. The van der Waals surface area contributed by atoms with Gasteiger partial charge in [0.15, 0.2) is 0 Å². The molecule has 0 atom stereocenters. The number of carboxylic acid groups (broad SMARTS) is 2. The van der Waals surface area contributed by atoms with Gasteiger partial charge in [-0.1, -0.05) is 6.58 Å². The van der Waals surface area contributed by atoms with Gasteiger partial charge in [0.2, 0.25) is 0 Å². The van der Waals surface area contributed by atoms with Crippen LogP contribution in [-0.2, 0) is 19.1 Å². The zero-order valence-corrected chi connectivity index (χ0v) is 5.89. The highest BCUT2D eigenvalue weighted by Crippen LogP contribution is 2.00. The van der Waals surface area contributed by atoms with Crippen LogP contribution in [0.15, 0.2) is 12.8 Å². The van der Waals surface area contributed by atoms with Gasteiger partial charge < -0.3 is 14.9 Å². The molecule has 6 heteroatoms. The summed E-state index contributed by atoms with van der Waals surface area (Å²) in [6, 6.07) is 0. The van der Waals surface area contributed by atoms with E-state index < -0.39 is 23.8 Å². The van der Waals surface area contributed by atoms with Gasteiger partial charge in [-0.3, -0.25) is 14.4 Å². The van der Waals surface area contributed by atoms with Crippen molar-refractivity contribution < 1.29 is 29.3 Å². The maximum atomic E-state index is 10.6. The van der Waals surface area contributed by atoms with Crippen molar-refractivity contribution in [3.05, 3.63) is 12.8 Å². The lowest BCUT2D eigenvalue weighted by Crippen LogP contribution is -2.32. The van der Waals surface area contributed by atoms with Crippen LogP contribution in [-0.4, -0.2) is 28.1 Å². The molecule has 0 unspecified atom stereocenters. The first kappa shape index (κ1) is 10.2. The Morgan fingerprint density at radius 1 is 1.25 bits per heavy atom. The van der Waals surface area contributed by atoms with Gasteiger partial charge in [-0.05, 0) is 0 Å². The normalized spacial score (nSPS) is 9.08. The van der Waals surface area contributed by atoms with E-state index in [0.717, 1.165) is 0 Å². The first-order chi connectivity index (χ1) is 5.50. The van der Waals surface area contributed by atoms with Crippen molar-refractivity contribution in [2.45, 2.75) is 0 Å². The summed E-state index contributed by atoms with van der Waals surface area (Å²) in [7, 11) is 0. The molecule has 0 bridgehead atoms. The third-order valence-corrected chi connectivity index (χ3v) is 0.929. The molecule has 0 fully saturated rings. The molecule has 0 spiro atoms. The van der Waals surface area contributed by atoms with Gasteiger partial charge >= 0.3 is 17.9 Å². The minimum atomic E-state index is -2.19. The third kappa shape index (κ3) is 2.41. The van der Waals surface area contributed by atoms with Gasteiger partial charge in [0, 0.05) is 0 Å². The predicted octanol–water partition coefficient (Wildman–Crippen LogP) is -0.542. The summed E-state index contributed by atoms with van der Waals surface area (Å²) in [5.41, 5.74) is 0. The molecular formula is C6H6O6. The van der Waals surface area contributed by atoms with Crippen LogP contribution in [0.4, 0.5) is 0 Å². The number of esters is 1. The quantitative estimate of drug-likeness (QED) is 0.337. The molecule has 0 aromatic carbocycles. The number of carbonyl (C=O) groups excluding carboxylic acids is 1. The lowest BCUT2D eigenvalue weighted by Gasteiger charge is -2.03. The molecule has 6 nitrogen and oxygen atoms in total. The van der Waals surface area contributed by atoms with E-state index >= 15 is 0 Å². The van der Waals surface area contributed by atoms with Gasteiger partial charge in [-0.2, -0.15) is 0 Å². The Labute approximate surface area is 67.1 Å². The van der Waals surface area contributed by atoms with E-state index in [1.807, 2.05) is 0 Å². The van der Waals surface area contributed by atoms with Crippen LogP contribution in [0.5, 0.6) is 0 Å². The molecule has 0 saturated carbocycles. The highest BCUT2D eigenvalue weighted by Gasteiger charge is 2.35. The van der Waals surface area contributed by atoms with Crippen LogP contribution < -0.4 is 0 Å². The number of carboxylic acids is 2. The first-order valence-corrected chi connectivity index (χ1v) is 2.77. The van der Waals surface area contributed by atoms with E-state index in [9.17, 15) is 14.4 Å². The molecule has 0 aromatic rings. The second kappa shape index (κ2) is 4.12. The SMILES string of the molecule is C=COC(=O)C(C(=O)O)C(=O)O. The topological polar surface area (TPSA) is 101 Å². The Bertz CT molecular complexity index is 216. The van der Waals surface area contributed by atoms with Crippen molar-refractivity contribution in [2.75, 3.05) is 0 Å². The molecule has 0 aliphatic carbocycles. The van der Waals surface area contributed by atoms with Crippen molar-refractivity contribution in [1.29, 1.82) is 0 Å². The Kier molecular flexibility index (Phi) is 3.48. The second-order valence-electron chi connectivity index (χ2n) is 1.71. The minimum absolute atomic E-state index is 0.668. The Morgan fingerprint density at radius 2 is 1.67 bits per heavy atom. The summed E-state index contributed by atoms with van der Waals surface area (Å²) < 4.78 is 3.99. The van der Waals surface area contributed by atoms with Crippen LogP contribution in [0.3, 0.4) is 0 Å². The van der Waals surface area contributed by atoms with E-state index in [1.54, 1.807) is 0 Å². The molecule has 0 radical (unpaired) electrons. The van der Waals surface area contributed by atoms with Crippen molar-refractivity contribution in [3.8, 4) is 0 Å². The number of ether oxygens (including phenoxy) is 1. The highest BCUT2D eigenvalue weighted by molar-refractivity contribution is 6.11. The molecule has 0 aliphatic rings. The molecule has 12 heavy (non-hydrogen) atoms. The van der Waals surface area contributed by atoms with E-state index in [0.29, 0.717) is 6.26 Å². The van der Waals surface area contributed by atoms with Gasteiger partial charge in [0.05, 0.1) is 6.26 Å². The summed E-state index contributed by atoms with van der Waals surface area (Å²) in [5, 5.41) is 16.4. The predicted molar refractivity (Wildman–Crippen MR) is 35.1 cm³/mol. The lowest BCUT2D eigenvalue weighted by molar-refractivity contribution is -0.164. The molecule has 0 heterocycles. The van der Waals surface area contributed by atoms with Gasteiger partial charge in [0.1, 0.15) is 0 Å².